The maximum absolute atomic E-state index is 12.0. The first-order valence-electron chi connectivity index (χ1n) is 6.07. The third-order valence-electron chi connectivity index (χ3n) is 2.44. The van der Waals surface area contributed by atoms with Gasteiger partial charge in [0.05, 0.1) is 24.6 Å². The number of nitrogens with zero attached hydrogens (tertiary/aromatic N) is 3. The number of anilines is 1. The van der Waals surface area contributed by atoms with Gasteiger partial charge in [0, 0.05) is 12.7 Å². The lowest BCUT2D eigenvalue weighted by molar-refractivity contribution is 0.579. The van der Waals surface area contributed by atoms with Crippen molar-refractivity contribution < 1.29 is 8.42 Å². The first kappa shape index (κ1) is 14.4. The standard InChI is InChI=1S/C12H15N5O2S/c1-2-13-12-15-8-11(9-16-12)20(18,19)17-7-10-5-3-4-6-14-10/h3-6,8-9,17H,2,7H2,1H3,(H,13,15,16). The molecule has 8 heteroatoms. The highest BCUT2D eigenvalue weighted by Gasteiger charge is 2.15. The van der Waals surface area contributed by atoms with Crippen LogP contribution in [0.2, 0.25) is 0 Å². The second-order valence-corrected chi connectivity index (χ2v) is 5.69. The minimum atomic E-state index is -3.63. The molecule has 20 heavy (non-hydrogen) atoms. The van der Waals surface area contributed by atoms with Crippen LogP contribution in [0.5, 0.6) is 0 Å². The molecule has 0 saturated heterocycles. The van der Waals surface area contributed by atoms with Crippen LogP contribution in [-0.4, -0.2) is 29.9 Å². The van der Waals surface area contributed by atoms with E-state index in [1.165, 1.54) is 12.4 Å². The van der Waals surface area contributed by atoms with Crippen LogP contribution in [0.1, 0.15) is 12.6 Å². The predicted molar refractivity (Wildman–Crippen MR) is 74.5 cm³/mol. The molecule has 2 rings (SSSR count). The van der Waals surface area contributed by atoms with E-state index in [0.717, 1.165) is 0 Å². The summed E-state index contributed by atoms with van der Waals surface area (Å²) in [6.45, 7) is 2.70. The number of sulfonamides is 1. The highest BCUT2D eigenvalue weighted by molar-refractivity contribution is 7.89. The van der Waals surface area contributed by atoms with E-state index in [1.54, 1.807) is 24.4 Å². The normalized spacial score (nSPS) is 11.2. The molecule has 2 N–H and O–H groups in total. The molecule has 2 heterocycles. The van der Waals surface area contributed by atoms with E-state index in [9.17, 15) is 8.42 Å². The van der Waals surface area contributed by atoms with Crippen molar-refractivity contribution in [1.29, 1.82) is 0 Å². The van der Waals surface area contributed by atoms with Gasteiger partial charge in [0.1, 0.15) is 4.90 Å². The van der Waals surface area contributed by atoms with Gasteiger partial charge in [-0.3, -0.25) is 4.98 Å². The summed E-state index contributed by atoms with van der Waals surface area (Å²) in [5.41, 5.74) is 0.640. The molecule has 106 valence electrons. The topological polar surface area (TPSA) is 96.9 Å². The molecule has 0 aliphatic heterocycles. The smallest absolute Gasteiger partial charge is 0.243 e. The molecule has 2 aromatic rings. The average Bonchev–Trinajstić information content (AvgIpc) is 2.47. The molecule has 0 bridgehead atoms. The quantitative estimate of drug-likeness (QED) is 0.817. The van der Waals surface area contributed by atoms with Crippen LogP contribution in [0.25, 0.3) is 0 Å². The van der Waals surface area contributed by atoms with Crippen molar-refractivity contribution in [3.8, 4) is 0 Å². The summed E-state index contributed by atoms with van der Waals surface area (Å²) in [7, 11) is -3.63. The number of hydrogen-bond donors (Lipinski definition) is 2. The molecule has 0 atom stereocenters. The second kappa shape index (κ2) is 6.40. The SMILES string of the molecule is CCNc1ncc(S(=O)(=O)NCc2ccccn2)cn1. The number of nitrogens with one attached hydrogen (secondary N) is 2. The minimum Gasteiger partial charge on any atom is -0.355 e. The summed E-state index contributed by atoms with van der Waals surface area (Å²) in [6, 6.07) is 5.31. The van der Waals surface area contributed by atoms with E-state index in [1.807, 2.05) is 6.92 Å². The molecular weight excluding hydrogens is 278 g/mol. The highest BCUT2D eigenvalue weighted by atomic mass is 32.2. The Kier molecular flexibility index (Phi) is 4.59. The Labute approximate surface area is 117 Å². The molecule has 0 amide bonds. The summed E-state index contributed by atoms with van der Waals surface area (Å²) in [5, 5.41) is 2.90. The number of pyridine rings is 1. The number of hydrogen-bond acceptors (Lipinski definition) is 6. The van der Waals surface area contributed by atoms with Crippen molar-refractivity contribution in [3.05, 3.63) is 42.5 Å². The van der Waals surface area contributed by atoms with Gasteiger partial charge in [-0.05, 0) is 19.1 Å². The molecule has 0 spiro atoms. The zero-order valence-corrected chi connectivity index (χ0v) is 11.8. The van der Waals surface area contributed by atoms with Crippen LogP contribution >= 0.6 is 0 Å². The molecule has 0 aliphatic rings. The zero-order chi connectivity index (χ0) is 14.4. The highest BCUT2D eigenvalue weighted by Crippen LogP contribution is 2.08. The van der Waals surface area contributed by atoms with Crippen molar-refractivity contribution in [2.24, 2.45) is 0 Å². The summed E-state index contributed by atoms with van der Waals surface area (Å²) in [6.07, 6.45) is 4.15. The molecule has 0 radical (unpaired) electrons. The lowest BCUT2D eigenvalue weighted by atomic mass is 10.4. The Morgan fingerprint density at radius 1 is 1.15 bits per heavy atom. The third-order valence-corrected chi connectivity index (χ3v) is 3.80. The Morgan fingerprint density at radius 3 is 2.50 bits per heavy atom. The molecule has 0 aromatic carbocycles. The van der Waals surface area contributed by atoms with Gasteiger partial charge in [-0.2, -0.15) is 0 Å². The lowest BCUT2D eigenvalue weighted by Crippen LogP contribution is -2.24. The van der Waals surface area contributed by atoms with Crippen LogP contribution in [-0.2, 0) is 16.6 Å². The Bertz CT molecular complexity index is 643. The fourth-order valence-electron chi connectivity index (χ4n) is 1.46. The molecule has 7 nitrogen and oxygen atoms in total. The van der Waals surface area contributed by atoms with Crippen LogP contribution in [0, 0.1) is 0 Å². The molecule has 2 aromatic heterocycles. The first-order chi connectivity index (χ1) is 9.62. The largest absolute Gasteiger partial charge is 0.355 e. The van der Waals surface area contributed by atoms with Gasteiger partial charge in [-0.15, -0.1) is 0 Å². The van der Waals surface area contributed by atoms with Crippen molar-refractivity contribution in [3.63, 3.8) is 0 Å². The van der Waals surface area contributed by atoms with Gasteiger partial charge in [-0.25, -0.2) is 23.1 Å². The minimum absolute atomic E-state index is 0.0232. The van der Waals surface area contributed by atoms with Crippen molar-refractivity contribution in [1.82, 2.24) is 19.7 Å². The maximum Gasteiger partial charge on any atom is 0.243 e. The van der Waals surface area contributed by atoms with Gasteiger partial charge < -0.3 is 5.32 Å². The Hall–Kier alpha value is -2.06. The van der Waals surface area contributed by atoms with Gasteiger partial charge >= 0.3 is 0 Å². The molecular formula is C12H15N5O2S. The van der Waals surface area contributed by atoms with E-state index in [-0.39, 0.29) is 11.4 Å². The summed E-state index contributed by atoms with van der Waals surface area (Å²) < 4.78 is 26.5. The Morgan fingerprint density at radius 2 is 1.90 bits per heavy atom. The molecule has 0 unspecified atom stereocenters. The van der Waals surface area contributed by atoms with E-state index in [0.29, 0.717) is 18.2 Å². The summed E-state index contributed by atoms with van der Waals surface area (Å²) in [4.78, 5) is 11.9. The van der Waals surface area contributed by atoms with Gasteiger partial charge in [0.15, 0.2) is 0 Å². The molecule has 0 aliphatic carbocycles. The van der Waals surface area contributed by atoms with Crippen LogP contribution in [0.15, 0.2) is 41.7 Å². The first-order valence-corrected chi connectivity index (χ1v) is 7.55. The lowest BCUT2D eigenvalue weighted by Gasteiger charge is -2.06. The molecule has 0 fully saturated rings. The maximum atomic E-state index is 12.0. The van der Waals surface area contributed by atoms with Crippen molar-refractivity contribution >= 4 is 16.0 Å². The van der Waals surface area contributed by atoms with Gasteiger partial charge in [0.25, 0.3) is 0 Å². The van der Waals surface area contributed by atoms with E-state index < -0.39 is 10.0 Å². The third kappa shape index (κ3) is 3.72. The van der Waals surface area contributed by atoms with Crippen LogP contribution in [0.4, 0.5) is 5.95 Å². The monoisotopic (exact) mass is 293 g/mol. The average molecular weight is 293 g/mol. The van der Waals surface area contributed by atoms with E-state index in [2.05, 4.69) is 25.0 Å². The van der Waals surface area contributed by atoms with E-state index >= 15 is 0 Å². The predicted octanol–water partition coefficient (Wildman–Crippen LogP) is 0.782. The number of rotatable bonds is 6. The summed E-state index contributed by atoms with van der Waals surface area (Å²) >= 11 is 0. The molecule has 0 saturated carbocycles. The van der Waals surface area contributed by atoms with Crippen LogP contribution < -0.4 is 10.0 Å². The van der Waals surface area contributed by atoms with Gasteiger partial charge in [-0.1, -0.05) is 6.07 Å². The van der Waals surface area contributed by atoms with E-state index in [4.69, 9.17) is 0 Å². The van der Waals surface area contributed by atoms with Crippen molar-refractivity contribution in [2.45, 2.75) is 18.4 Å². The zero-order valence-electron chi connectivity index (χ0n) is 10.9. The fourth-order valence-corrected chi connectivity index (χ4v) is 2.35. The fraction of sp³-hybridized carbons (Fsp3) is 0.250. The van der Waals surface area contributed by atoms with Gasteiger partial charge in [0.2, 0.25) is 16.0 Å². The number of aromatic nitrogens is 3. The Balaban J connectivity index is 2.06. The summed E-state index contributed by atoms with van der Waals surface area (Å²) in [5.74, 6) is 0.399. The van der Waals surface area contributed by atoms with Crippen LogP contribution in [0.3, 0.4) is 0 Å². The second-order valence-electron chi connectivity index (χ2n) is 3.92. The van der Waals surface area contributed by atoms with Crippen molar-refractivity contribution in [2.75, 3.05) is 11.9 Å².